The number of halogens is 1. The Hall–Kier alpha value is -1.97. The molecule has 1 heterocycles. The van der Waals surface area contributed by atoms with Gasteiger partial charge < -0.3 is 14.2 Å². The lowest BCUT2D eigenvalue weighted by atomic mass is 10.1. The predicted octanol–water partition coefficient (Wildman–Crippen LogP) is 3.43. The maximum atomic E-state index is 14.0. The lowest BCUT2D eigenvalue weighted by Gasteiger charge is -2.25. The minimum atomic E-state index is -3.75. The Morgan fingerprint density at radius 1 is 1.07 bits per heavy atom. The molecule has 6 nitrogen and oxygen atoms in total. The van der Waals surface area contributed by atoms with Crippen LogP contribution in [0, 0.1) is 5.82 Å². The van der Waals surface area contributed by atoms with Gasteiger partial charge in [0.25, 0.3) is 0 Å². The number of hydrogen-bond donors (Lipinski definition) is 0. The number of rotatable bonds is 7. The topological polar surface area (TPSA) is 65.1 Å². The predicted molar refractivity (Wildman–Crippen MR) is 107 cm³/mol. The second-order valence-electron chi connectivity index (χ2n) is 6.13. The molecule has 0 amide bonds. The average Bonchev–Trinajstić information content (AvgIpc) is 3.19. The van der Waals surface area contributed by atoms with E-state index in [4.69, 9.17) is 14.2 Å². The Kier molecular flexibility index (Phi) is 6.36. The van der Waals surface area contributed by atoms with Gasteiger partial charge in [-0.1, -0.05) is 18.2 Å². The zero-order valence-electron chi connectivity index (χ0n) is 15.8. The summed E-state index contributed by atoms with van der Waals surface area (Å²) in [6, 6.07) is 9.32. The molecule has 9 heteroatoms. The number of ether oxygens (including phenoxy) is 3. The molecule has 0 spiro atoms. The Morgan fingerprint density at radius 2 is 1.71 bits per heavy atom. The highest BCUT2D eigenvalue weighted by molar-refractivity contribution is 8.00. The number of sulfonamides is 1. The van der Waals surface area contributed by atoms with Crippen LogP contribution in [0.5, 0.6) is 17.2 Å². The van der Waals surface area contributed by atoms with Gasteiger partial charge >= 0.3 is 0 Å². The van der Waals surface area contributed by atoms with E-state index >= 15 is 0 Å². The molecule has 1 unspecified atom stereocenters. The first-order valence-corrected chi connectivity index (χ1v) is 11.2. The zero-order chi connectivity index (χ0) is 20.3. The highest BCUT2D eigenvalue weighted by Gasteiger charge is 2.38. The number of methoxy groups -OCH3 is 3. The standard InChI is InChI=1S/C19H22FNO5S2/c1-24-16-11-18(26-3)17(25-2)10-14(16)19-21(8-9-27-19)28(22,23)12-13-6-4-5-7-15(13)20/h4-7,10-11,19H,8-9,12H2,1-3H3. The van der Waals surface area contributed by atoms with E-state index in [-0.39, 0.29) is 5.56 Å². The third-order valence-electron chi connectivity index (χ3n) is 4.50. The summed E-state index contributed by atoms with van der Waals surface area (Å²) >= 11 is 1.48. The maximum Gasteiger partial charge on any atom is 0.219 e. The SMILES string of the molecule is COc1cc(OC)c(C2SCCN2S(=O)(=O)Cc2ccccc2F)cc1OC. The summed E-state index contributed by atoms with van der Waals surface area (Å²) in [6.07, 6.45) is 0. The number of benzene rings is 2. The Morgan fingerprint density at radius 3 is 2.36 bits per heavy atom. The summed E-state index contributed by atoms with van der Waals surface area (Å²) in [6.45, 7) is 0.337. The lowest BCUT2D eigenvalue weighted by Crippen LogP contribution is -2.32. The highest BCUT2D eigenvalue weighted by atomic mass is 32.2. The molecule has 0 aromatic heterocycles. The molecule has 0 bridgehead atoms. The minimum absolute atomic E-state index is 0.150. The van der Waals surface area contributed by atoms with Crippen LogP contribution in [-0.4, -0.2) is 46.4 Å². The van der Waals surface area contributed by atoms with E-state index in [1.54, 1.807) is 18.2 Å². The van der Waals surface area contributed by atoms with Gasteiger partial charge in [-0.05, 0) is 12.1 Å². The van der Waals surface area contributed by atoms with Crippen molar-refractivity contribution in [2.45, 2.75) is 11.1 Å². The third-order valence-corrected chi connectivity index (χ3v) is 7.66. The molecule has 1 aliphatic rings. The van der Waals surface area contributed by atoms with Crippen molar-refractivity contribution in [2.75, 3.05) is 33.6 Å². The van der Waals surface area contributed by atoms with Crippen LogP contribution in [0.2, 0.25) is 0 Å². The fraction of sp³-hybridized carbons (Fsp3) is 0.368. The van der Waals surface area contributed by atoms with Crippen molar-refractivity contribution in [2.24, 2.45) is 0 Å². The fourth-order valence-electron chi connectivity index (χ4n) is 3.13. The second-order valence-corrected chi connectivity index (χ2v) is 9.24. The normalized spacial score (nSPS) is 17.5. The van der Waals surface area contributed by atoms with E-state index in [2.05, 4.69) is 0 Å². The van der Waals surface area contributed by atoms with Gasteiger partial charge in [0.15, 0.2) is 11.5 Å². The minimum Gasteiger partial charge on any atom is -0.496 e. The first kappa shape index (κ1) is 20.8. The summed E-state index contributed by atoms with van der Waals surface area (Å²) in [7, 11) is 0.805. The van der Waals surface area contributed by atoms with Crippen molar-refractivity contribution in [1.29, 1.82) is 0 Å². The van der Waals surface area contributed by atoms with Crippen molar-refractivity contribution >= 4 is 21.8 Å². The third kappa shape index (κ3) is 4.06. The van der Waals surface area contributed by atoms with Gasteiger partial charge in [0, 0.05) is 29.5 Å². The molecule has 0 aliphatic carbocycles. The number of thioether (sulfide) groups is 1. The largest absolute Gasteiger partial charge is 0.496 e. The molecule has 0 radical (unpaired) electrons. The van der Waals surface area contributed by atoms with Crippen molar-refractivity contribution < 1.29 is 27.0 Å². The van der Waals surface area contributed by atoms with Gasteiger partial charge in [0.05, 0.1) is 32.5 Å². The summed E-state index contributed by atoms with van der Waals surface area (Å²) in [4.78, 5) is 0. The summed E-state index contributed by atoms with van der Waals surface area (Å²) in [5, 5.41) is -0.494. The van der Waals surface area contributed by atoms with Crippen LogP contribution in [0.25, 0.3) is 0 Å². The zero-order valence-corrected chi connectivity index (χ0v) is 17.5. The molecule has 0 N–H and O–H groups in total. The molecule has 1 fully saturated rings. The van der Waals surface area contributed by atoms with Crippen LogP contribution >= 0.6 is 11.8 Å². The average molecular weight is 428 g/mol. The summed E-state index contributed by atoms with van der Waals surface area (Å²) in [5.74, 6) is 1.18. The van der Waals surface area contributed by atoms with E-state index < -0.39 is 27.0 Å². The molecular weight excluding hydrogens is 405 g/mol. The van der Waals surface area contributed by atoms with Crippen LogP contribution in [0.4, 0.5) is 4.39 Å². The van der Waals surface area contributed by atoms with Crippen molar-refractivity contribution in [3.63, 3.8) is 0 Å². The first-order valence-electron chi connectivity index (χ1n) is 8.55. The molecule has 1 atom stereocenters. The van der Waals surface area contributed by atoms with Crippen molar-refractivity contribution in [3.8, 4) is 17.2 Å². The van der Waals surface area contributed by atoms with E-state index in [0.717, 1.165) is 0 Å². The van der Waals surface area contributed by atoms with Gasteiger partial charge in [-0.3, -0.25) is 0 Å². The Labute approximate surface area is 168 Å². The van der Waals surface area contributed by atoms with Gasteiger partial charge in [0.1, 0.15) is 11.6 Å². The van der Waals surface area contributed by atoms with E-state index in [9.17, 15) is 12.8 Å². The van der Waals surface area contributed by atoms with E-state index in [0.29, 0.717) is 35.1 Å². The molecule has 1 aliphatic heterocycles. The molecule has 2 aromatic carbocycles. The van der Waals surface area contributed by atoms with Gasteiger partial charge in [-0.15, -0.1) is 11.8 Å². The summed E-state index contributed by atoms with van der Waals surface area (Å²) < 4.78 is 57.6. The monoisotopic (exact) mass is 427 g/mol. The lowest BCUT2D eigenvalue weighted by molar-refractivity contribution is 0.344. The van der Waals surface area contributed by atoms with Crippen molar-refractivity contribution in [3.05, 3.63) is 53.3 Å². The van der Waals surface area contributed by atoms with Crippen LogP contribution in [0.1, 0.15) is 16.5 Å². The van der Waals surface area contributed by atoms with Crippen LogP contribution < -0.4 is 14.2 Å². The Bertz CT molecular complexity index is 951. The van der Waals surface area contributed by atoms with Crippen LogP contribution in [0.15, 0.2) is 36.4 Å². The number of nitrogens with zero attached hydrogens (tertiary/aromatic N) is 1. The van der Waals surface area contributed by atoms with Gasteiger partial charge in [-0.2, -0.15) is 4.31 Å². The fourth-order valence-corrected chi connectivity index (χ4v) is 6.55. The molecular formula is C19H22FNO5S2. The van der Waals surface area contributed by atoms with Gasteiger partial charge in [-0.25, -0.2) is 12.8 Å². The quantitative estimate of drug-likeness (QED) is 0.675. The molecule has 2 aromatic rings. The van der Waals surface area contributed by atoms with Crippen LogP contribution in [0.3, 0.4) is 0 Å². The number of hydrogen-bond acceptors (Lipinski definition) is 6. The van der Waals surface area contributed by atoms with E-state index in [1.165, 1.54) is 55.6 Å². The molecule has 3 rings (SSSR count). The highest BCUT2D eigenvalue weighted by Crippen LogP contribution is 2.47. The molecule has 1 saturated heterocycles. The molecule has 152 valence electrons. The van der Waals surface area contributed by atoms with Crippen molar-refractivity contribution in [1.82, 2.24) is 4.31 Å². The molecule has 0 saturated carbocycles. The summed E-state index contributed by atoms with van der Waals surface area (Å²) in [5.41, 5.74) is 0.817. The smallest absolute Gasteiger partial charge is 0.219 e. The van der Waals surface area contributed by atoms with Crippen LogP contribution in [-0.2, 0) is 15.8 Å². The van der Waals surface area contributed by atoms with Gasteiger partial charge in [0.2, 0.25) is 10.0 Å². The second kappa shape index (κ2) is 8.59. The Balaban J connectivity index is 1.98. The first-order chi connectivity index (χ1) is 13.4. The maximum absolute atomic E-state index is 14.0. The van der Waals surface area contributed by atoms with E-state index in [1.807, 2.05) is 0 Å². The molecule has 28 heavy (non-hydrogen) atoms.